The number of methoxy groups -OCH3 is 1. The van der Waals surface area contributed by atoms with E-state index in [0.717, 1.165) is 5.56 Å². The third kappa shape index (κ3) is 8.67. The zero-order valence-corrected chi connectivity index (χ0v) is 16.9. The molecule has 0 heterocycles. The second kappa shape index (κ2) is 11.2. The lowest BCUT2D eigenvalue weighted by Crippen LogP contribution is -2.31. The summed E-state index contributed by atoms with van der Waals surface area (Å²) in [5.41, 5.74) is 1.73. The molecular weight excluding hydrogens is 372 g/mol. The standard InChI is InChI=1S/C19H27ClN2O3S/c1-16(9-10-17(2)25-4)15-22(3)26(23,24)12-6-11-21-14-18-7-5-8-19(20)13-18/h5,7-10,13,21H,1-2,6,11-12,14-15H2,3-4H3/b10-9-. The zero-order chi connectivity index (χ0) is 19.6. The van der Waals surface area contributed by atoms with Gasteiger partial charge < -0.3 is 10.1 Å². The van der Waals surface area contributed by atoms with Gasteiger partial charge in [0.25, 0.3) is 0 Å². The molecule has 0 radical (unpaired) electrons. The lowest BCUT2D eigenvalue weighted by molar-refractivity contribution is 0.309. The van der Waals surface area contributed by atoms with Crippen LogP contribution in [0.25, 0.3) is 0 Å². The van der Waals surface area contributed by atoms with Gasteiger partial charge in [0, 0.05) is 25.2 Å². The molecule has 7 heteroatoms. The van der Waals surface area contributed by atoms with Crippen molar-refractivity contribution < 1.29 is 13.2 Å². The molecule has 1 N–H and O–H groups in total. The Morgan fingerprint density at radius 2 is 2.08 bits per heavy atom. The van der Waals surface area contributed by atoms with Gasteiger partial charge in [0.05, 0.1) is 12.9 Å². The van der Waals surface area contributed by atoms with Crippen molar-refractivity contribution in [1.82, 2.24) is 9.62 Å². The van der Waals surface area contributed by atoms with Gasteiger partial charge in [-0.2, -0.15) is 0 Å². The fourth-order valence-electron chi connectivity index (χ4n) is 2.13. The van der Waals surface area contributed by atoms with E-state index in [-0.39, 0.29) is 12.3 Å². The van der Waals surface area contributed by atoms with E-state index in [4.69, 9.17) is 16.3 Å². The predicted molar refractivity (Wildman–Crippen MR) is 109 cm³/mol. The van der Waals surface area contributed by atoms with Crippen LogP contribution in [0.15, 0.2) is 60.9 Å². The van der Waals surface area contributed by atoms with Gasteiger partial charge in [-0.15, -0.1) is 0 Å². The van der Waals surface area contributed by atoms with Gasteiger partial charge in [0.2, 0.25) is 10.0 Å². The van der Waals surface area contributed by atoms with E-state index in [1.807, 2.05) is 24.3 Å². The lowest BCUT2D eigenvalue weighted by Gasteiger charge is -2.17. The maximum atomic E-state index is 12.3. The number of allylic oxidation sites excluding steroid dienone is 1. The highest BCUT2D eigenvalue weighted by Crippen LogP contribution is 2.10. The van der Waals surface area contributed by atoms with E-state index in [2.05, 4.69) is 18.5 Å². The SMILES string of the molecule is C=C(/C=C\C(=C)OC)CN(C)S(=O)(=O)CCCNCc1cccc(Cl)c1. The van der Waals surface area contributed by atoms with Crippen LogP contribution in [-0.2, 0) is 21.3 Å². The highest BCUT2D eigenvalue weighted by atomic mass is 35.5. The van der Waals surface area contributed by atoms with Crippen molar-refractivity contribution in [3.05, 3.63) is 71.5 Å². The predicted octanol–water partition coefficient (Wildman–Crippen LogP) is 3.35. The Hall–Kier alpha value is -1.60. The molecule has 1 aromatic carbocycles. The van der Waals surface area contributed by atoms with Gasteiger partial charge in [-0.05, 0) is 42.3 Å². The van der Waals surface area contributed by atoms with Crippen LogP contribution in [0.2, 0.25) is 5.02 Å². The van der Waals surface area contributed by atoms with E-state index in [1.54, 1.807) is 19.2 Å². The number of ether oxygens (including phenoxy) is 1. The summed E-state index contributed by atoms with van der Waals surface area (Å²) in [6, 6.07) is 7.57. The van der Waals surface area contributed by atoms with E-state index >= 15 is 0 Å². The molecule has 0 aromatic heterocycles. The average Bonchev–Trinajstić information content (AvgIpc) is 2.59. The molecule has 144 valence electrons. The first-order valence-corrected chi connectivity index (χ1v) is 10.2. The molecule has 0 aliphatic heterocycles. The van der Waals surface area contributed by atoms with Crippen molar-refractivity contribution in [2.45, 2.75) is 13.0 Å². The normalized spacial score (nSPS) is 11.8. The number of hydrogen-bond donors (Lipinski definition) is 1. The van der Waals surface area contributed by atoms with E-state index in [1.165, 1.54) is 11.4 Å². The molecule has 0 spiro atoms. The Morgan fingerprint density at radius 3 is 2.73 bits per heavy atom. The Balaban J connectivity index is 2.34. The lowest BCUT2D eigenvalue weighted by atomic mass is 10.2. The van der Waals surface area contributed by atoms with Crippen LogP contribution in [0.4, 0.5) is 0 Å². The molecule has 0 unspecified atom stereocenters. The first-order chi connectivity index (χ1) is 12.2. The minimum Gasteiger partial charge on any atom is -0.497 e. The number of benzene rings is 1. The van der Waals surface area contributed by atoms with Crippen molar-refractivity contribution in [3.8, 4) is 0 Å². The van der Waals surface area contributed by atoms with Crippen LogP contribution in [0.1, 0.15) is 12.0 Å². The highest BCUT2D eigenvalue weighted by Gasteiger charge is 2.17. The maximum Gasteiger partial charge on any atom is 0.214 e. The van der Waals surface area contributed by atoms with Gasteiger partial charge in [0.15, 0.2) is 0 Å². The third-order valence-corrected chi connectivity index (χ3v) is 5.76. The molecule has 0 atom stereocenters. The van der Waals surface area contributed by atoms with Gasteiger partial charge in [0.1, 0.15) is 5.76 Å². The quantitative estimate of drug-likeness (QED) is 0.333. The van der Waals surface area contributed by atoms with Gasteiger partial charge in [-0.25, -0.2) is 12.7 Å². The average molecular weight is 399 g/mol. The molecule has 0 fully saturated rings. The van der Waals surface area contributed by atoms with Gasteiger partial charge in [-0.1, -0.05) is 43.0 Å². The van der Waals surface area contributed by atoms with Crippen molar-refractivity contribution in [2.75, 3.05) is 33.0 Å². The summed E-state index contributed by atoms with van der Waals surface area (Å²) in [5, 5.41) is 3.92. The zero-order valence-electron chi connectivity index (χ0n) is 15.4. The number of nitrogens with one attached hydrogen (secondary N) is 1. The first-order valence-electron chi connectivity index (χ1n) is 8.22. The van der Waals surface area contributed by atoms with Crippen LogP contribution in [0.3, 0.4) is 0 Å². The van der Waals surface area contributed by atoms with Gasteiger partial charge in [-0.3, -0.25) is 0 Å². The number of rotatable bonds is 12. The molecule has 1 aromatic rings. The van der Waals surface area contributed by atoms with Crippen molar-refractivity contribution in [3.63, 3.8) is 0 Å². The van der Waals surface area contributed by atoms with Crippen LogP contribution >= 0.6 is 11.6 Å². The molecule has 26 heavy (non-hydrogen) atoms. The van der Waals surface area contributed by atoms with Crippen molar-refractivity contribution in [2.24, 2.45) is 0 Å². The monoisotopic (exact) mass is 398 g/mol. The number of hydrogen-bond acceptors (Lipinski definition) is 4. The Labute approximate surface area is 162 Å². The number of likely N-dealkylation sites (N-methyl/N-ethyl adjacent to an activating group) is 1. The minimum absolute atomic E-state index is 0.0772. The molecule has 0 amide bonds. The second-order valence-electron chi connectivity index (χ2n) is 5.89. The smallest absolute Gasteiger partial charge is 0.214 e. The molecule has 5 nitrogen and oxygen atoms in total. The van der Waals surface area contributed by atoms with Crippen LogP contribution in [0, 0.1) is 0 Å². The Morgan fingerprint density at radius 1 is 1.35 bits per heavy atom. The maximum absolute atomic E-state index is 12.3. The fourth-order valence-corrected chi connectivity index (χ4v) is 3.53. The molecule has 1 rings (SSSR count). The Kier molecular flexibility index (Phi) is 9.65. The molecule has 0 bridgehead atoms. The highest BCUT2D eigenvalue weighted by molar-refractivity contribution is 7.89. The topological polar surface area (TPSA) is 58.6 Å². The van der Waals surface area contributed by atoms with Crippen molar-refractivity contribution >= 4 is 21.6 Å². The number of halogens is 1. The van der Waals surface area contributed by atoms with Crippen LogP contribution in [0.5, 0.6) is 0 Å². The first kappa shape index (κ1) is 22.4. The van der Waals surface area contributed by atoms with Crippen molar-refractivity contribution in [1.29, 1.82) is 0 Å². The number of nitrogens with zero attached hydrogens (tertiary/aromatic N) is 1. The molecular formula is C19H27ClN2O3S. The molecule has 0 saturated carbocycles. The largest absolute Gasteiger partial charge is 0.497 e. The summed E-state index contributed by atoms with van der Waals surface area (Å²) in [6.45, 7) is 9.00. The van der Waals surface area contributed by atoms with E-state index < -0.39 is 10.0 Å². The van der Waals surface area contributed by atoms with E-state index in [0.29, 0.717) is 35.9 Å². The van der Waals surface area contributed by atoms with Crippen LogP contribution in [-0.4, -0.2) is 45.7 Å². The number of sulfonamides is 1. The second-order valence-corrected chi connectivity index (χ2v) is 8.53. The van der Waals surface area contributed by atoms with Gasteiger partial charge >= 0.3 is 0 Å². The molecule has 0 aliphatic rings. The summed E-state index contributed by atoms with van der Waals surface area (Å²) in [5.74, 6) is 0.566. The molecule has 0 saturated heterocycles. The molecule has 0 aliphatic carbocycles. The summed E-state index contributed by atoms with van der Waals surface area (Å²) in [6.07, 6.45) is 3.88. The Bertz CT molecular complexity index is 745. The minimum atomic E-state index is -3.33. The third-order valence-electron chi connectivity index (χ3n) is 3.64. The fraction of sp³-hybridized carbons (Fsp3) is 0.368. The summed E-state index contributed by atoms with van der Waals surface area (Å²) >= 11 is 5.93. The summed E-state index contributed by atoms with van der Waals surface area (Å²) in [7, 11) is -0.253. The summed E-state index contributed by atoms with van der Waals surface area (Å²) < 4.78 is 30.9. The van der Waals surface area contributed by atoms with E-state index in [9.17, 15) is 8.42 Å². The van der Waals surface area contributed by atoms with Crippen LogP contribution < -0.4 is 5.32 Å². The summed E-state index contributed by atoms with van der Waals surface area (Å²) in [4.78, 5) is 0.